The van der Waals surface area contributed by atoms with Gasteiger partial charge in [0.05, 0.1) is 11.6 Å². The van der Waals surface area contributed by atoms with E-state index in [0.717, 1.165) is 10.5 Å². The lowest BCUT2D eigenvalue weighted by Crippen LogP contribution is -2.08. The summed E-state index contributed by atoms with van der Waals surface area (Å²) in [6, 6.07) is 5.53. The first-order chi connectivity index (χ1) is 8.31. The van der Waals surface area contributed by atoms with Gasteiger partial charge in [-0.25, -0.2) is 0 Å². The maximum atomic E-state index is 8.64. The number of nitrogens with zero attached hydrogens (tertiary/aromatic N) is 3. The van der Waals surface area contributed by atoms with Crippen LogP contribution in [0.3, 0.4) is 0 Å². The molecule has 0 aliphatic rings. The van der Waals surface area contributed by atoms with Crippen molar-refractivity contribution in [3.05, 3.63) is 23.2 Å². The number of tetrazole rings is 1. The first-order valence-electron chi connectivity index (χ1n) is 4.85. The quantitative estimate of drug-likeness (QED) is 0.558. The molecule has 3 N–H and O–H groups in total. The molecule has 1 aromatic carbocycles. The molecule has 6 nitrogen and oxygen atoms in total. The smallest absolute Gasteiger partial charge is 0.206 e. The molecule has 0 spiro atoms. The van der Waals surface area contributed by atoms with Crippen molar-refractivity contribution in [1.29, 1.82) is 0 Å². The molecular formula is C9H10ClN5OS. The van der Waals surface area contributed by atoms with E-state index < -0.39 is 0 Å². The highest BCUT2D eigenvalue weighted by atomic mass is 35.5. The van der Waals surface area contributed by atoms with Crippen molar-refractivity contribution < 1.29 is 5.11 Å². The Labute approximate surface area is 107 Å². The average molecular weight is 272 g/mol. The Kier molecular flexibility index (Phi) is 4.32. The lowest BCUT2D eigenvalue weighted by Gasteiger charge is -2.04. The number of halogens is 1. The molecule has 0 bridgehead atoms. The van der Waals surface area contributed by atoms with Gasteiger partial charge in [-0.3, -0.25) is 4.72 Å². The summed E-state index contributed by atoms with van der Waals surface area (Å²) in [4.78, 5) is 0.954. The van der Waals surface area contributed by atoms with Gasteiger partial charge in [0.1, 0.15) is 0 Å². The fourth-order valence-electron chi connectivity index (χ4n) is 1.20. The molecule has 0 aliphatic carbocycles. The summed E-state index contributed by atoms with van der Waals surface area (Å²) >= 11 is 7.53. The Hall–Kier alpha value is -1.15. The second kappa shape index (κ2) is 5.97. The molecule has 2 rings (SSSR count). The van der Waals surface area contributed by atoms with Crippen LogP contribution in [0.15, 0.2) is 23.1 Å². The van der Waals surface area contributed by atoms with Crippen LogP contribution >= 0.6 is 23.5 Å². The summed E-state index contributed by atoms with van der Waals surface area (Å²) in [6.45, 7) is 0.622. The molecule has 1 aromatic heterocycles. The van der Waals surface area contributed by atoms with Crippen molar-refractivity contribution in [2.75, 3.05) is 13.2 Å². The van der Waals surface area contributed by atoms with E-state index in [9.17, 15) is 0 Å². The van der Waals surface area contributed by atoms with E-state index >= 15 is 0 Å². The molecule has 0 saturated heterocycles. The Morgan fingerprint density at radius 3 is 3.00 bits per heavy atom. The zero-order valence-electron chi connectivity index (χ0n) is 8.72. The normalized spacial score (nSPS) is 10.7. The summed E-state index contributed by atoms with van der Waals surface area (Å²) in [6.07, 6.45) is 0. The number of aromatic nitrogens is 4. The predicted octanol–water partition coefficient (Wildman–Crippen LogP) is 1.11. The lowest BCUT2D eigenvalue weighted by molar-refractivity contribution is 0.302. The highest BCUT2D eigenvalue weighted by Gasteiger charge is 2.08. The van der Waals surface area contributed by atoms with Gasteiger partial charge in [-0.1, -0.05) is 11.6 Å². The van der Waals surface area contributed by atoms with Gasteiger partial charge in [-0.05, 0) is 35.4 Å². The molecule has 0 radical (unpaired) electrons. The number of H-pyrrole nitrogens is 1. The van der Waals surface area contributed by atoms with Crippen LogP contribution < -0.4 is 4.72 Å². The number of hydrogen-bond acceptors (Lipinski definition) is 6. The van der Waals surface area contributed by atoms with E-state index in [1.54, 1.807) is 0 Å². The molecule has 90 valence electrons. The number of aliphatic hydroxyl groups is 1. The Bertz CT molecular complexity index is 478. The molecule has 0 saturated carbocycles. The first kappa shape index (κ1) is 12.3. The Balaban J connectivity index is 2.12. The van der Waals surface area contributed by atoms with Gasteiger partial charge in [-0.15, -0.1) is 10.2 Å². The minimum Gasteiger partial charge on any atom is -0.395 e. The van der Waals surface area contributed by atoms with Crippen LogP contribution in [-0.2, 0) is 0 Å². The molecule has 17 heavy (non-hydrogen) atoms. The third-order valence-corrected chi connectivity index (χ3v) is 3.08. The van der Waals surface area contributed by atoms with Gasteiger partial charge in [-0.2, -0.15) is 5.21 Å². The van der Waals surface area contributed by atoms with Gasteiger partial charge in [0.2, 0.25) is 5.82 Å². The van der Waals surface area contributed by atoms with Crippen molar-refractivity contribution in [3.8, 4) is 11.4 Å². The van der Waals surface area contributed by atoms with Gasteiger partial charge in [0.15, 0.2) is 0 Å². The Morgan fingerprint density at radius 1 is 1.47 bits per heavy atom. The molecule has 1 heterocycles. The number of nitrogens with one attached hydrogen (secondary N) is 2. The van der Waals surface area contributed by atoms with Gasteiger partial charge >= 0.3 is 0 Å². The largest absolute Gasteiger partial charge is 0.395 e. The average Bonchev–Trinajstić information content (AvgIpc) is 2.83. The monoisotopic (exact) mass is 271 g/mol. The molecule has 2 aromatic rings. The number of benzene rings is 1. The fourth-order valence-corrected chi connectivity index (χ4v) is 2.20. The van der Waals surface area contributed by atoms with Crippen LogP contribution in [0.2, 0.25) is 5.02 Å². The van der Waals surface area contributed by atoms with E-state index in [0.29, 0.717) is 17.4 Å². The maximum absolute atomic E-state index is 8.64. The van der Waals surface area contributed by atoms with Gasteiger partial charge in [0.25, 0.3) is 0 Å². The standard InChI is InChI=1S/C9H10ClN5OS/c10-8-5-6(17-11-3-4-16)1-2-7(8)9-12-14-15-13-9/h1-2,5,11,16H,3-4H2,(H,12,13,14,15). The zero-order valence-corrected chi connectivity index (χ0v) is 10.3. The van der Waals surface area contributed by atoms with Crippen molar-refractivity contribution in [3.63, 3.8) is 0 Å². The van der Waals surface area contributed by atoms with E-state index in [-0.39, 0.29) is 6.61 Å². The zero-order chi connectivity index (χ0) is 12.1. The minimum absolute atomic E-state index is 0.0989. The van der Waals surface area contributed by atoms with E-state index in [4.69, 9.17) is 16.7 Å². The molecule has 0 unspecified atom stereocenters. The van der Waals surface area contributed by atoms with Crippen molar-refractivity contribution in [1.82, 2.24) is 25.3 Å². The van der Waals surface area contributed by atoms with Crippen LogP contribution in [0.1, 0.15) is 0 Å². The Morgan fingerprint density at radius 2 is 2.35 bits per heavy atom. The summed E-state index contributed by atoms with van der Waals surface area (Å²) in [7, 11) is 0. The maximum Gasteiger partial charge on any atom is 0.206 e. The van der Waals surface area contributed by atoms with Crippen molar-refractivity contribution in [2.45, 2.75) is 4.90 Å². The van der Waals surface area contributed by atoms with Crippen LogP contribution in [0.25, 0.3) is 11.4 Å². The second-order valence-electron chi connectivity index (χ2n) is 3.10. The fraction of sp³-hybridized carbons (Fsp3) is 0.222. The summed E-state index contributed by atoms with van der Waals surface area (Å²) in [5.41, 5.74) is 0.729. The highest BCUT2D eigenvalue weighted by molar-refractivity contribution is 7.97. The van der Waals surface area contributed by atoms with E-state index in [1.165, 1.54) is 11.9 Å². The minimum atomic E-state index is 0.0989. The molecular weight excluding hydrogens is 262 g/mol. The van der Waals surface area contributed by atoms with Gasteiger partial charge in [0, 0.05) is 17.0 Å². The molecule has 8 heteroatoms. The molecule has 0 atom stereocenters. The SMILES string of the molecule is OCCNSc1ccc(-c2nn[nH]n2)c(Cl)c1. The lowest BCUT2D eigenvalue weighted by atomic mass is 10.2. The molecule has 0 aliphatic heterocycles. The number of hydrogen-bond donors (Lipinski definition) is 3. The van der Waals surface area contributed by atoms with Crippen LogP contribution in [0.5, 0.6) is 0 Å². The van der Waals surface area contributed by atoms with Crippen molar-refractivity contribution in [2.24, 2.45) is 0 Å². The second-order valence-corrected chi connectivity index (χ2v) is 4.47. The predicted molar refractivity (Wildman–Crippen MR) is 65.6 cm³/mol. The highest BCUT2D eigenvalue weighted by Crippen LogP contribution is 2.28. The first-order valence-corrected chi connectivity index (χ1v) is 6.04. The van der Waals surface area contributed by atoms with Crippen molar-refractivity contribution >= 4 is 23.5 Å². The summed E-state index contributed by atoms with van der Waals surface area (Å²) in [5, 5.41) is 22.8. The van der Waals surface area contributed by atoms with Crippen LogP contribution in [0.4, 0.5) is 0 Å². The summed E-state index contributed by atoms with van der Waals surface area (Å²) in [5.74, 6) is 0.467. The number of aromatic amines is 1. The third-order valence-electron chi connectivity index (χ3n) is 1.93. The van der Waals surface area contributed by atoms with Crippen LogP contribution in [-0.4, -0.2) is 38.9 Å². The van der Waals surface area contributed by atoms with Gasteiger partial charge < -0.3 is 5.11 Å². The topological polar surface area (TPSA) is 86.7 Å². The number of aliphatic hydroxyl groups excluding tert-OH is 1. The molecule has 0 fully saturated rings. The van der Waals surface area contributed by atoms with E-state index in [1.807, 2.05) is 18.2 Å². The summed E-state index contributed by atoms with van der Waals surface area (Å²) < 4.78 is 2.99. The number of rotatable bonds is 5. The third kappa shape index (κ3) is 3.16. The van der Waals surface area contributed by atoms with Crippen LogP contribution in [0, 0.1) is 0 Å². The molecule has 0 amide bonds. The van der Waals surface area contributed by atoms with E-state index in [2.05, 4.69) is 25.3 Å².